The van der Waals surface area contributed by atoms with Crippen molar-refractivity contribution >= 4 is 22.9 Å². The summed E-state index contributed by atoms with van der Waals surface area (Å²) in [5, 5.41) is 9.89. The van der Waals surface area contributed by atoms with Crippen LogP contribution in [-0.4, -0.2) is 20.6 Å². The minimum absolute atomic E-state index is 0.167. The second kappa shape index (κ2) is 6.90. The Labute approximate surface area is 153 Å². The Hall–Kier alpha value is -3.09. The molecule has 0 aliphatic heterocycles. The Morgan fingerprint density at radius 1 is 1.30 bits per heavy atom. The fourth-order valence-corrected chi connectivity index (χ4v) is 3.02. The van der Waals surface area contributed by atoms with Gasteiger partial charge < -0.3 is 9.67 Å². The average Bonchev–Trinajstić information content (AvgIpc) is 2.91. The van der Waals surface area contributed by atoms with E-state index in [0.717, 1.165) is 23.0 Å². The smallest absolute Gasteiger partial charge is 0.416 e. The molecule has 0 aliphatic carbocycles. The number of benzene rings is 1. The van der Waals surface area contributed by atoms with Crippen LogP contribution in [0.1, 0.15) is 29.2 Å². The van der Waals surface area contributed by atoms with Gasteiger partial charge in [-0.1, -0.05) is 11.6 Å². The van der Waals surface area contributed by atoms with Crippen molar-refractivity contribution in [2.45, 2.75) is 26.6 Å². The Morgan fingerprint density at radius 2 is 2.04 bits per heavy atom. The molecule has 0 radical (unpaired) electrons. The summed E-state index contributed by atoms with van der Waals surface area (Å²) in [6.07, 6.45) is 2.07. The minimum Gasteiger partial charge on any atom is -0.478 e. The summed E-state index contributed by atoms with van der Waals surface area (Å²) in [4.78, 5) is 15.2. The third-order valence-electron chi connectivity index (χ3n) is 4.24. The molecule has 2 heterocycles. The normalized spacial score (nSPS) is 12.6. The number of halogens is 3. The summed E-state index contributed by atoms with van der Waals surface area (Å²) in [5.41, 5.74) is 1.91. The fourth-order valence-electron chi connectivity index (χ4n) is 3.02. The molecule has 0 amide bonds. The van der Waals surface area contributed by atoms with Crippen LogP contribution in [0.15, 0.2) is 48.4 Å². The van der Waals surface area contributed by atoms with Gasteiger partial charge in [0.1, 0.15) is 0 Å². The lowest BCUT2D eigenvalue weighted by atomic mass is 10.1. The van der Waals surface area contributed by atoms with Crippen molar-refractivity contribution in [3.63, 3.8) is 0 Å². The minimum atomic E-state index is -4.41. The molecule has 1 aromatic carbocycles. The lowest BCUT2D eigenvalue weighted by Gasteiger charge is -2.12. The first-order valence-electron chi connectivity index (χ1n) is 8.17. The number of aromatic nitrogens is 2. The van der Waals surface area contributed by atoms with Crippen LogP contribution in [0.4, 0.5) is 13.2 Å². The van der Waals surface area contributed by atoms with E-state index in [1.54, 1.807) is 48.3 Å². The Kier molecular flexibility index (Phi) is 4.78. The highest BCUT2D eigenvalue weighted by Crippen LogP contribution is 2.31. The van der Waals surface area contributed by atoms with Gasteiger partial charge in [-0.15, -0.1) is 0 Å². The monoisotopic (exact) mass is 374 g/mol. The fraction of sp³-hybridized carbons (Fsp3) is 0.200. The van der Waals surface area contributed by atoms with Crippen molar-refractivity contribution in [3.8, 4) is 0 Å². The first-order valence-corrected chi connectivity index (χ1v) is 8.17. The van der Waals surface area contributed by atoms with E-state index in [4.69, 9.17) is 5.11 Å². The van der Waals surface area contributed by atoms with Crippen LogP contribution in [0.2, 0.25) is 0 Å². The topological polar surface area (TPSA) is 55.1 Å². The summed E-state index contributed by atoms with van der Waals surface area (Å²) >= 11 is 0. The maximum absolute atomic E-state index is 13.1. The van der Waals surface area contributed by atoms with Crippen LogP contribution in [-0.2, 0) is 17.5 Å². The van der Waals surface area contributed by atoms with Crippen LogP contribution in [0.5, 0.6) is 0 Å². The van der Waals surface area contributed by atoms with Crippen molar-refractivity contribution in [3.05, 3.63) is 70.7 Å². The van der Waals surface area contributed by atoms with E-state index >= 15 is 0 Å². The van der Waals surface area contributed by atoms with Gasteiger partial charge in [0.05, 0.1) is 17.3 Å². The summed E-state index contributed by atoms with van der Waals surface area (Å²) in [5.74, 6) is -1.03. The number of carboxylic acids is 1. The van der Waals surface area contributed by atoms with E-state index in [1.807, 2.05) is 0 Å². The summed E-state index contributed by atoms with van der Waals surface area (Å²) in [7, 11) is 0. The number of aliphatic carboxylic acids is 1. The Bertz CT molecular complexity index is 1050. The van der Waals surface area contributed by atoms with Crippen molar-refractivity contribution in [2.75, 3.05) is 0 Å². The van der Waals surface area contributed by atoms with E-state index in [0.29, 0.717) is 16.7 Å². The largest absolute Gasteiger partial charge is 0.478 e. The van der Waals surface area contributed by atoms with E-state index in [2.05, 4.69) is 4.98 Å². The lowest BCUT2D eigenvalue weighted by molar-refractivity contribution is -0.137. The van der Waals surface area contributed by atoms with Gasteiger partial charge in [-0.05, 0) is 43.7 Å². The summed E-state index contributed by atoms with van der Waals surface area (Å²) in [6, 6.07) is 5.70. The molecule has 0 saturated heterocycles. The van der Waals surface area contributed by atoms with E-state index in [9.17, 15) is 18.0 Å². The standard InChI is InChI=1S/C20H17F3N2O2/c1-12-5-14(8-16(6-12)20(21,22)23)10-25-11-15(7-13(2)19(26)27)17-3-4-24-9-18(17)25/h3-9,11H,10H2,1-2H3,(H,26,27)/b13-7+. The van der Waals surface area contributed by atoms with Gasteiger partial charge in [0.15, 0.2) is 0 Å². The second-order valence-electron chi connectivity index (χ2n) is 6.44. The molecular weight excluding hydrogens is 357 g/mol. The molecule has 7 heteroatoms. The Balaban J connectivity index is 2.08. The maximum atomic E-state index is 13.1. The van der Waals surface area contributed by atoms with Crippen molar-refractivity contribution in [1.29, 1.82) is 0 Å². The third-order valence-corrected chi connectivity index (χ3v) is 4.24. The number of hydrogen-bond donors (Lipinski definition) is 1. The summed E-state index contributed by atoms with van der Waals surface area (Å²) in [6.45, 7) is 3.33. The quantitative estimate of drug-likeness (QED) is 0.661. The van der Waals surface area contributed by atoms with Crippen LogP contribution in [0, 0.1) is 6.92 Å². The molecule has 3 aromatic rings. The third kappa shape index (κ3) is 4.02. The zero-order valence-corrected chi connectivity index (χ0v) is 14.7. The highest BCUT2D eigenvalue weighted by molar-refractivity contribution is 5.96. The first-order chi connectivity index (χ1) is 12.6. The number of fused-ring (bicyclic) bond motifs is 1. The number of alkyl halides is 3. The molecule has 0 atom stereocenters. The highest BCUT2D eigenvalue weighted by atomic mass is 19.4. The molecule has 0 aliphatic rings. The summed E-state index contributed by atoms with van der Waals surface area (Å²) < 4.78 is 41.0. The van der Waals surface area contributed by atoms with Gasteiger partial charge >= 0.3 is 12.1 Å². The SMILES string of the molecule is C/C(=C\c1cn(Cc2cc(C)cc(C(F)(F)F)c2)c2cnccc12)C(=O)O. The number of hydrogen-bond acceptors (Lipinski definition) is 2. The number of pyridine rings is 1. The molecule has 27 heavy (non-hydrogen) atoms. The van der Waals surface area contributed by atoms with Crippen molar-refractivity contribution < 1.29 is 23.1 Å². The zero-order chi connectivity index (χ0) is 19.8. The van der Waals surface area contributed by atoms with Crippen LogP contribution in [0.25, 0.3) is 17.0 Å². The molecular formula is C20H17F3N2O2. The number of carbonyl (C=O) groups is 1. The first kappa shape index (κ1) is 18.7. The molecule has 1 N–H and O–H groups in total. The molecule has 2 aromatic heterocycles. The van der Waals surface area contributed by atoms with Gasteiger partial charge in [-0.2, -0.15) is 13.2 Å². The van der Waals surface area contributed by atoms with E-state index in [-0.39, 0.29) is 12.1 Å². The van der Waals surface area contributed by atoms with Gasteiger partial charge in [-0.25, -0.2) is 4.79 Å². The number of aryl methyl sites for hydroxylation is 1. The molecule has 3 rings (SSSR count). The number of rotatable bonds is 4. The number of carboxylic acid groups (broad SMARTS) is 1. The molecule has 0 saturated carbocycles. The average molecular weight is 374 g/mol. The molecule has 4 nitrogen and oxygen atoms in total. The zero-order valence-electron chi connectivity index (χ0n) is 14.7. The van der Waals surface area contributed by atoms with Crippen LogP contribution < -0.4 is 0 Å². The highest BCUT2D eigenvalue weighted by Gasteiger charge is 2.30. The molecule has 140 valence electrons. The lowest BCUT2D eigenvalue weighted by Crippen LogP contribution is -2.07. The predicted molar refractivity (Wildman–Crippen MR) is 96.3 cm³/mol. The molecule has 0 fully saturated rings. The Morgan fingerprint density at radius 3 is 2.70 bits per heavy atom. The van der Waals surface area contributed by atoms with Gasteiger partial charge in [0, 0.05) is 35.5 Å². The van der Waals surface area contributed by atoms with Crippen molar-refractivity contribution in [1.82, 2.24) is 9.55 Å². The second-order valence-corrected chi connectivity index (χ2v) is 6.44. The number of nitrogens with zero attached hydrogens (tertiary/aromatic N) is 2. The molecule has 0 unspecified atom stereocenters. The molecule has 0 bridgehead atoms. The van der Waals surface area contributed by atoms with Gasteiger partial charge in [0.25, 0.3) is 0 Å². The van der Waals surface area contributed by atoms with E-state index < -0.39 is 17.7 Å². The predicted octanol–water partition coefficient (Wildman–Crippen LogP) is 4.90. The van der Waals surface area contributed by atoms with Crippen LogP contribution in [0.3, 0.4) is 0 Å². The van der Waals surface area contributed by atoms with Gasteiger partial charge in [0.2, 0.25) is 0 Å². The van der Waals surface area contributed by atoms with Gasteiger partial charge in [-0.3, -0.25) is 4.98 Å². The molecule has 0 spiro atoms. The van der Waals surface area contributed by atoms with Crippen LogP contribution >= 0.6 is 0 Å². The maximum Gasteiger partial charge on any atom is 0.416 e. The van der Waals surface area contributed by atoms with E-state index in [1.165, 1.54) is 6.92 Å². The van der Waals surface area contributed by atoms with Crippen molar-refractivity contribution in [2.24, 2.45) is 0 Å².